The number of anilines is 1. The Morgan fingerprint density at radius 3 is 2.55 bits per heavy atom. The summed E-state index contributed by atoms with van der Waals surface area (Å²) in [4.78, 5) is 38.3. The topological polar surface area (TPSA) is 81.8 Å². The van der Waals surface area contributed by atoms with E-state index >= 15 is 0 Å². The molecule has 7 heteroatoms. The summed E-state index contributed by atoms with van der Waals surface area (Å²) < 4.78 is 0. The zero-order valence-corrected chi connectivity index (χ0v) is 12.8. The third-order valence-electron chi connectivity index (χ3n) is 3.31. The Hall–Kier alpha value is -2.41. The Kier molecular flexibility index (Phi) is 5.11. The number of hydrogen-bond donors (Lipinski definition) is 2. The van der Waals surface area contributed by atoms with E-state index in [1.807, 2.05) is 0 Å². The van der Waals surface area contributed by atoms with Crippen LogP contribution in [0.25, 0.3) is 0 Å². The maximum atomic E-state index is 12.0. The molecule has 1 heterocycles. The van der Waals surface area contributed by atoms with Gasteiger partial charge in [-0.2, -0.15) is 0 Å². The second kappa shape index (κ2) is 7.04. The average Bonchev–Trinajstić information content (AvgIpc) is 2.47. The average molecular weight is 304 g/mol. The molecule has 0 bridgehead atoms. The molecule has 1 aliphatic heterocycles. The first-order valence-corrected chi connectivity index (χ1v) is 7.06. The lowest BCUT2D eigenvalue weighted by Crippen LogP contribution is -2.49. The molecule has 22 heavy (non-hydrogen) atoms. The summed E-state index contributed by atoms with van der Waals surface area (Å²) in [6.45, 7) is 1.64. The number of amides is 3. The minimum absolute atomic E-state index is 0.0643. The van der Waals surface area contributed by atoms with E-state index in [9.17, 15) is 14.4 Å². The van der Waals surface area contributed by atoms with Gasteiger partial charge in [-0.05, 0) is 24.3 Å². The first-order valence-electron chi connectivity index (χ1n) is 7.06. The van der Waals surface area contributed by atoms with Crippen LogP contribution in [0.2, 0.25) is 0 Å². The predicted octanol–water partition coefficient (Wildman–Crippen LogP) is -0.241. The van der Waals surface area contributed by atoms with Gasteiger partial charge in [-0.3, -0.25) is 19.3 Å². The molecule has 0 spiro atoms. The first kappa shape index (κ1) is 16.0. The van der Waals surface area contributed by atoms with Crippen LogP contribution >= 0.6 is 0 Å². The van der Waals surface area contributed by atoms with Gasteiger partial charge >= 0.3 is 0 Å². The SMILES string of the molecule is CN(C)C(=O)c1ccc(NC(=O)CN2CCNC(=O)C2)cc1. The number of rotatable bonds is 4. The van der Waals surface area contributed by atoms with Crippen molar-refractivity contribution in [2.45, 2.75) is 0 Å². The van der Waals surface area contributed by atoms with E-state index in [1.54, 1.807) is 43.3 Å². The van der Waals surface area contributed by atoms with Gasteiger partial charge in [0.15, 0.2) is 0 Å². The fraction of sp³-hybridized carbons (Fsp3) is 0.400. The van der Waals surface area contributed by atoms with Gasteiger partial charge in [0.25, 0.3) is 5.91 Å². The lowest BCUT2D eigenvalue weighted by Gasteiger charge is -2.25. The highest BCUT2D eigenvalue weighted by Gasteiger charge is 2.18. The molecule has 0 radical (unpaired) electrons. The van der Waals surface area contributed by atoms with Gasteiger partial charge in [0.05, 0.1) is 13.1 Å². The van der Waals surface area contributed by atoms with Crippen LogP contribution in [0.3, 0.4) is 0 Å². The van der Waals surface area contributed by atoms with Gasteiger partial charge in [0.2, 0.25) is 11.8 Å². The van der Waals surface area contributed by atoms with Gasteiger partial charge < -0.3 is 15.5 Å². The molecule has 3 amide bonds. The van der Waals surface area contributed by atoms with Crippen LogP contribution in [0, 0.1) is 0 Å². The van der Waals surface area contributed by atoms with E-state index in [2.05, 4.69) is 10.6 Å². The Morgan fingerprint density at radius 1 is 1.27 bits per heavy atom. The molecule has 0 unspecified atom stereocenters. The van der Waals surface area contributed by atoms with Crippen LogP contribution in [0.5, 0.6) is 0 Å². The fourth-order valence-electron chi connectivity index (χ4n) is 2.18. The van der Waals surface area contributed by atoms with Crippen molar-refractivity contribution in [3.8, 4) is 0 Å². The Bertz CT molecular complexity index is 569. The van der Waals surface area contributed by atoms with Crippen LogP contribution in [0.1, 0.15) is 10.4 Å². The lowest BCUT2D eigenvalue weighted by molar-refractivity contribution is -0.125. The fourth-order valence-corrected chi connectivity index (χ4v) is 2.18. The molecule has 118 valence electrons. The highest BCUT2D eigenvalue weighted by Crippen LogP contribution is 2.11. The summed E-state index contributed by atoms with van der Waals surface area (Å²) in [5.74, 6) is -0.329. The molecule has 1 aliphatic rings. The number of carbonyl (C=O) groups is 3. The van der Waals surface area contributed by atoms with Gasteiger partial charge in [-0.1, -0.05) is 0 Å². The zero-order chi connectivity index (χ0) is 16.1. The molecule has 7 nitrogen and oxygen atoms in total. The summed E-state index contributed by atoms with van der Waals surface area (Å²) in [5, 5.41) is 5.47. The molecule has 0 aromatic heterocycles. The van der Waals surface area contributed by atoms with Crippen molar-refractivity contribution in [1.29, 1.82) is 0 Å². The van der Waals surface area contributed by atoms with Crippen LogP contribution < -0.4 is 10.6 Å². The monoisotopic (exact) mass is 304 g/mol. The number of carbonyl (C=O) groups excluding carboxylic acids is 3. The van der Waals surface area contributed by atoms with Crippen LogP contribution in [-0.4, -0.2) is 67.8 Å². The van der Waals surface area contributed by atoms with Crippen molar-refractivity contribution in [2.75, 3.05) is 45.6 Å². The lowest BCUT2D eigenvalue weighted by atomic mass is 10.2. The smallest absolute Gasteiger partial charge is 0.253 e. The van der Waals surface area contributed by atoms with E-state index in [4.69, 9.17) is 0 Å². The Morgan fingerprint density at radius 2 is 1.95 bits per heavy atom. The number of nitrogens with one attached hydrogen (secondary N) is 2. The van der Waals surface area contributed by atoms with E-state index < -0.39 is 0 Å². The van der Waals surface area contributed by atoms with Crippen molar-refractivity contribution in [2.24, 2.45) is 0 Å². The van der Waals surface area contributed by atoms with Crippen molar-refractivity contribution in [3.05, 3.63) is 29.8 Å². The molecular formula is C15H20N4O3. The molecule has 1 aromatic rings. The Labute approximate surface area is 129 Å². The van der Waals surface area contributed by atoms with E-state index in [1.165, 1.54) is 4.90 Å². The molecule has 0 aliphatic carbocycles. The maximum Gasteiger partial charge on any atom is 0.253 e. The van der Waals surface area contributed by atoms with E-state index in [0.717, 1.165) is 0 Å². The summed E-state index contributed by atoms with van der Waals surface area (Å²) in [6.07, 6.45) is 0. The summed E-state index contributed by atoms with van der Waals surface area (Å²) >= 11 is 0. The highest BCUT2D eigenvalue weighted by atomic mass is 16.2. The largest absolute Gasteiger partial charge is 0.354 e. The molecule has 1 saturated heterocycles. The molecule has 1 fully saturated rings. The predicted molar refractivity (Wildman–Crippen MR) is 82.5 cm³/mol. The Balaban J connectivity index is 1.89. The van der Waals surface area contributed by atoms with E-state index in [0.29, 0.717) is 24.3 Å². The van der Waals surface area contributed by atoms with Crippen LogP contribution in [-0.2, 0) is 9.59 Å². The summed E-state index contributed by atoms with van der Waals surface area (Å²) in [7, 11) is 3.37. The normalized spacial score (nSPS) is 15.1. The molecule has 2 rings (SSSR count). The van der Waals surface area contributed by atoms with Crippen molar-refractivity contribution >= 4 is 23.4 Å². The molecule has 1 aromatic carbocycles. The number of piperazine rings is 1. The molecule has 0 atom stereocenters. The molecule has 0 saturated carbocycles. The number of hydrogen-bond acceptors (Lipinski definition) is 4. The standard InChI is InChI=1S/C15H20N4O3/c1-18(2)15(22)11-3-5-12(6-4-11)17-14(21)10-19-8-7-16-13(20)9-19/h3-6H,7-10H2,1-2H3,(H,16,20)(H,17,21). The zero-order valence-electron chi connectivity index (χ0n) is 12.8. The maximum absolute atomic E-state index is 12.0. The summed E-state index contributed by atoms with van der Waals surface area (Å²) in [6, 6.07) is 6.73. The molecule has 2 N–H and O–H groups in total. The third-order valence-corrected chi connectivity index (χ3v) is 3.31. The van der Waals surface area contributed by atoms with Crippen molar-refractivity contribution in [1.82, 2.24) is 15.1 Å². The minimum atomic E-state index is -0.179. The number of nitrogens with zero attached hydrogens (tertiary/aromatic N) is 2. The van der Waals surface area contributed by atoms with Gasteiger partial charge in [0.1, 0.15) is 0 Å². The third kappa shape index (κ3) is 4.29. The van der Waals surface area contributed by atoms with Crippen LogP contribution in [0.15, 0.2) is 24.3 Å². The first-order chi connectivity index (χ1) is 10.5. The summed E-state index contributed by atoms with van der Waals surface area (Å²) in [5.41, 5.74) is 1.19. The molecular weight excluding hydrogens is 284 g/mol. The second-order valence-electron chi connectivity index (χ2n) is 5.39. The van der Waals surface area contributed by atoms with Gasteiger partial charge in [-0.15, -0.1) is 0 Å². The van der Waals surface area contributed by atoms with E-state index in [-0.39, 0.29) is 30.8 Å². The quantitative estimate of drug-likeness (QED) is 0.804. The van der Waals surface area contributed by atoms with Gasteiger partial charge in [-0.25, -0.2) is 0 Å². The second-order valence-corrected chi connectivity index (χ2v) is 5.39. The minimum Gasteiger partial charge on any atom is -0.354 e. The van der Waals surface area contributed by atoms with Crippen molar-refractivity contribution in [3.63, 3.8) is 0 Å². The number of benzene rings is 1. The van der Waals surface area contributed by atoms with Gasteiger partial charge in [0, 0.05) is 38.4 Å². The highest BCUT2D eigenvalue weighted by molar-refractivity contribution is 5.96. The van der Waals surface area contributed by atoms with Crippen LogP contribution in [0.4, 0.5) is 5.69 Å². The van der Waals surface area contributed by atoms with Crippen molar-refractivity contribution < 1.29 is 14.4 Å².